The standard InChI is InChI=1S/C6H14N2O2/c1-5(8-4-9)6(10)3-7-2/h5,7-9H,3-4H2,1-2H3/t5-/m0/s1. The number of nitrogens with one attached hydrogen (secondary N) is 2. The van der Waals surface area contributed by atoms with Crippen LogP contribution in [0, 0.1) is 0 Å². The highest BCUT2D eigenvalue weighted by atomic mass is 16.3. The second-order valence-corrected chi connectivity index (χ2v) is 2.08. The molecule has 0 amide bonds. The maximum Gasteiger partial charge on any atom is 0.163 e. The van der Waals surface area contributed by atoms with E-state index in [1.54, 1.807) is 14.0 Å². The van der Waals surface area contributed by atoms with Gasteiger partial charge >= 0.3 is 0 Å². The smallest absolute Gasteiger partial charge is 0.163 e. The number of carbonyl (C=O) groups is 1. The molecule has 10 heavy (non-hydrogen) atoms. The summed E-state index contributed by atoms with van der Waals surface area (Å²) in [6.45, 7) is 1.90. The van der Waals surface area contributed by atoms with Crippen LogP contribution in [0.15, 0.2) is 0 Å². The summed E-state index contributed by atoms with van der Waals surface area (Å²) in [5, 5.41) is 13.7. The van der Waals surface area contributed by atoms with Gasteiger partial charge in [-0.3, -0.25) is 10.1 Å². The minimum atomic E-state index is -0.266. The Labute approximate surface area is 60.6 Å². The van der Waals surface area contributed by atoms with Crippen LogP contribution in [0.5, 0.6) is 0 Å². The van der Waals surface area contributed by atoms with Gasteiger partial charge in [0.25, 0.3) is 0 Å². The third-order valence-electron chi connectivity index (χ3n) is 1.23. The highest BCUT2D eigenvalue weighted by molar-refractivity contribution is 5.85. The predicted octanol–water partition coefficient (Wildman–Crippen LogP) is -1.30. The molecular formula is C6H14N2O2. The van der Waals surface area contributed by atoms with Crippen LogP contribution in [-0.2, 0) is 4.79 Å². The van der Waals surface area contributed by atoms with Crippen molar-refractivity contribution in [3.05, 3.63) is 0 Å². The molecule has 0 rings (SSSR count). The van der Waals surface area contributed by atoms with Gasteiger partial charge in [-0.05, 0) is 14.0 Å². The van der Waals surface area contributed by atoms with Crippen LogP contribution >= 0.6 is 0 Å². The predicted molar refractivity (Wildman–Crippen MR) is 38.6 cm³/mol. The second-order valence-electron chi connectivity index (χ2n) is 2.08. The molecule has 0 spiro atoms. The molecule has 0 aliphatic heterocycles. The van der Waals surface area contributed by atoms with Gasteiger partial charge in [-0.1, -0.05) is 0 Å². The Morgan fingerprint density at radius 3 is 2.70 bits per heavy atom. The van der Waals surface area contributed by atoms with Gasteiger partial charge in [-0.2, -0.15) is 0 Å². The molecule has 0 aliphatic carbocycles. The first-order chi connectivity index (χ1) is 4.72. The normalized spacial score (nSPS) is 13.1. The Morgan fingerprint density at radius 1 is 1.70 bits per heavy atom. The number of Topliss-reactive ketones (excluding diaryl/α,β-unsaturated/α-hetero) is 1. The van der Waals surface area contributed by atoms with E-state index >= 15 is 0 Å². The zero-order valence-electron chi connectivity index (χ0n) is 6.35. The number of aliphatic hydroxyl groups is 1. The molecule has 0 heterocycles. The Morgan fingerprint density at radius 2 is 2.30 bits per heavy atom. The molecule has 0 unspecified atom stereocenters. The lowest BCUT2D eigenvalue weighted by molar-refractivity contribution is -0.120. The lowest BCUT2D eigenvalue weighted by Gasteiger charge is -2.08. The molecule has 0 aromatic rings. The van der Waals surface area contributed by atoms with Crippen molar-refractivity contribution in [3.63, 3.8) is 0 Å². The van der Waals surface area contributed by atoms with Gasteiger partial charge in [0, 0.05) is 0 Å². The number of hydrogen-bond acceptors (Lipinski definition) is 4. The molecule has 3 N–H and O–H groups in total. The number of likely N-dealkylation sites (N-methyl/N-ethyl adjacent to an activating group) is 1. The zero-order chi connectivity index (χ0) is 7.98. The quantitative estimate of drug-likeness (QED) is 0.422. The number of hydrogen-bond donors (Lipinski definition) is 3. The summed E-state index contributed by atoms with van der Waals surface area (Å²) in [5.74, 6) is 0.0524. The van der Waals surface area contributed by atoms with Crippen molar-refractivity contribution in [2.45, 2.75) is 13.0 Å². The van der Waals surface area contributed by atoms with E-state index in [1.807, 2.05) is 0 Å². The average molecular weight is 146 g/mol. The zero-order valence-corrected chi connectivity index (χ0v) is 6.35. The van der Waals surface area contributed by atoms with E-state index in [4.69, 9.17) is 5.11 Å². The van der Waals surface area contributed by atoms with E-state index in [9.17, 15) is 4.79 Å². The number of ketones is 1. The minimum absolute atomic E-state index is 0.0524. The first-order valence-corrected chi connectivity index (χ1v) is 3.24. The minimum Gasteiger partial charge on any atom is -0.381 e. The highest BCUT2D eigenvalue weighted by Crippen LogP contribution is 1.81. The highest BCUT2D eigenvalue weighted by Gasteiger charge is 2.08. The van der Waals surface area contributed by atoms with E-state index in [-0.39, 0.29) is 18.6 Å². The summed E-state index contributed by atoms with van der Waals surface area (Å²) in [6.07, 6.45) is 0. The SMILES string of the molecule is CNCC(=O)[C@H](C)NCO. The summed E-state index contributed by atoms with van der Waals surface area (Å²) in [6, 6.07) is -0.266. The molecule has 0 saturated carbocycles. The summed E-state index contributed by atoms with van der Waals surface area (Å²) >= 11 is 0. The summed E-state index contributed by atoms with van der Waals surface area (Å²) in [7, 11) is 1.71. The van der Waals surface area contributed by atoms with Crippen LogP contribution in [0.2, 0.25) is 0 Å². The van der Waals surface area contributed by atoms with Crippen molar-refractivity contribution in [3.8, 4) is 0 Å². The van der Waals surface area contributed by atoms with Crippen molar-refractivity contribution >= 4 is 5.78 Å². The Hall–Kier alpha value is -0.450. The largest absolute Gasteiger partial charge is 0.381 e. The van der Waals surface area contributed by atoms with Gasteiger partial charge in [0.2, 0.25) is 0 Å². The lowest BCUT2D eigenvalue weighted by atomic mass is 10.2. The number of aliphatic hydroxyl groups excluding tert-OH is 1. The molecule has 4 nitrogen and oxygen atoms in total. The van der Waals surface area contributed by atoms with Gasteiger partial charge in [0.05, 0.1) is 19.3 Å². The van der Waals surface area contributed by atoms with Crippen molar-refractivity contribution in [2.75, 3.05) is 20.3 Å². The molecule has 0 fully saturated rings. The van der Waals surface area contributed by atoms with Gasteiger partial charge in [-0.15, -0.1) is 0 Å². The van der Waals surface area contributed by atoms with E-state index in [1.165, 1.54) is 0 Å². The summed E-state index contributed by atoms with van der Waals surface area (Å²) in [5.41, 5.74) is 0. The maximum atomic E-state index is 10.9. The van der Waals surface area contributed by atoms with E-state index in [2.05, 4.69) is 10.6 Å². The molecule has 0 aliphatic rings. The number of rotatable bonds is 5. The average Bonchev–Trinajstić information content (AvgIpc) is 1.89. The topological polar surface area (TPSA) is 61.4 Å². The number of carbonyl (C=O) groups excluding carboxylic acids is 1. The van der Waals surface area contributed by atoms with E-state index < -0.39 is 0 Å². The maximum absolute atomic E-state index is 10.9. The molecule has 0 saturated heterocycles. The van der Waals surface area contributed by atoms with Gasteiger partial charge < -0.3 is 10.4 Å². The Balaban J connectivity index is 3.49. The molecular weight excluding hydrogens is 132 g/mol. The van der Waals surface area contributed by atoms with Crippen molar-refractivity contribution < 1.29 is 9.90 Å². The van der Waals surface area contributed by atoms with Crippen LogP contribution in [-0.4, -0.2) is 37.3 Å². The van der Waals surface area contributed by atoms with Crippen LogP contribution in [0.1, 0.15) is 6.92 Å². The van der Waals surface area contributed by atoms with Crippen molar-refractivity contribution in [1.82, 2.24) is 10.6 Å². The first-order valence-electron chi connectivity index (χ1n) is 3.24. The molecule has 0 aromatic heterocycles. The third kappa shape index (κ3) is 3.55. The van der Waals surface area contributed by atoms with Crippen LogP contribution < -0.4 is 10.6 Å². The fourth-order valence-corrected chi connectivity index (χ4v) is 0.578. The molecule has 1 atom stereocenters. The lowest BCUT2D eigenvalue weighted by Crippen LogP contribution is -2.39. The van der Waals surface area contributed by atoms with Crippen LogP contribution in [0.3, 0.4) is 0 Å². The molecule has 0 aromatic carbocycles. The molecule has 4 heteroatoms. The summed E-state index contributed by atoms with van der Waals surface area (Å²) < 4.78 is 0. The fraction of sp³-hybridized carbons (Fsp3) is 0.833. The van der Waals surface area contributed by atoms with Gasteiger partial charge in [-0.25, -0.2) is 0 Å². The summed E-state index contributed by atoms with van der Waals surface area (Å²) in [4.78, 5) is 10.9. The van der Waals surface area contributed by atoms with Crippen molar-refractivity contribution in [1.29, 1.82) is 0 Å². The first kappa shape index (κ1) is 9.55. The van der Waals surface area contributed by atoms with Gasteiger partial charge in [0.15, 0.2) is 5.78 Å². The second kappa shape index (κ2) is 5.34. The monoisotopic (exact) mass is 146 g/mol. The van der Waals surface area contributed by atoms with Crippen LogP contribution in [0.4, 0.5) is 0 Å². The van der Waals surface area contributed by atoms with E-state index in [0.29, 0.717) is 6.54 Å². The van der Waals surface area contributed by atoms with Crippen LogP contribution in [0.25, 0.3) is 0 Å². The van der Waals surface area contributed by atoms with Crippen molar-refractivity contribution in [2.24, 2.45) is 0 Å². The van der Waals surface area contributed by atoms with Gasteiger partial charge in [0.1, 0.15) is 0 Å². The third-order valence-corrected chi connectivity index (χ3v) is 1.23. The molecule has 60 valence electrons. The molecule has 0 bridgehead atoms. The van der Waals surface area contributed by atoms with E-state index in [0.717, 1.165) is 0 Å². The molecule has 0 radical (unpaired) electrons. The Bertz CT molecular complexity index is 106. The fourth-order valence-electron chi connectivity index (χ4n) is 0.578. The Kier molecular flexibility index (Phi) is 5.10.